The molecule has 65 heavy (non-hydrogen) atoms. The van der Waals surface area contributed by atoms with E-state index in [1.807, 2.05) is 62.1 Å². The van der Waals surface area contributed by atoms with Crippen LogP contribution in [-0.2, 0) is 14.2 Å². The first-order chi connectivity index (χ1) is 30.9. The molecule has 350 valence electrons. The van der Waals surface area contributed by atoms with Crippen molar-refractivity contribution >= 4 is 35.8 Å². The number of rotatable bonds is 13. The van der Waals surface area contributed by atoms with Crippen LogP contribution in [0.15, 0.2) is 42.5 Å². The Labute approximate surface area is 387 Å². The summed E-state index contributed by atoms with van der Waals surface area (Å²) in [5.41, 5.74) is 7.62. The SMILES string of the molecule is COCOc1cc(-c2ccc3c(C4CC5CCC(C4)N5C(=O)OC(C)(C)C)nc(OCC4(CN5CCOC[C@H]5C)CC4)nc3c2F)c2c(C#C[Si](C(C)C)(C(C)C)C(C)C)cccc2c1. The molecule has 4 aromatic rings. The molecule has 4 fully saturated rings. The fraction of sp³-hybridized carbons (Fsp3) is 0.604. The van der Waals surface area contributed by atoms with Crippen LogP contribution in [0.4, 0.5) is 9.18 Å². The Morgan fingerprint density at radius 1 is 0.969 bits per heavy atom. The molecule has 0 radical (unpaired) electrons. The number of fused-ring (bicyclic) bond motifs is 4. The number of amides is 1. The highest BCUT2D eigenvalue weighted by Gasteiger charge is 2.48. The highest BCUT2D eigenvalue weighted by atomic mass is 28.3. The minimum Gasteiger partial charge on any atom is -0.468 e. The van der Waals surface area contributed by atoms with Crippen LogP contribution in [0.1, 0.15) is 125 Å². The molecule has 10 nitrogen and oxygen atoms in total. The van der Waals surface area contributed by atoms with E-state index in [0.29, 0.717) is 64.4 Å². The highest BCUT2D eigenvalue weighted by Crippen LogP contribution is 2.49. The van der Waals surface area contributed by atoms with Gasteiger partial charge in [-0.05, 0) is 112 Å². The van der Waals surface area contributed by atoms with Crippen molar-refractivity contribution < 1.29 is 32.9 Å². The quantitative estimate of drug-likeness (QED) is 0.0738. The van der Waals surface area contributed by atoms with Gasteiger partial charge in [-0.3, -0.25) is 4.90 Å². The van der Waals surface area contributed by atoms with E-state index >= 15 is 4.39 Å². The van der Waals surface area contributed by atoms with Gasteiger partial charge in [0, 0.05) is 71.6 Å². The summed E-state index contributed by atoms with van der Waals surface area (Å²) in [6.45, 7) is 25.6. The largest absolute Gasteiger partial charge is 0.468 e. The van der Waals surface area contributed by atoms with E-state index in [4.69, 9.17) is 33.7 Å². The van der Waals surface area contributed by atoms with Gasteiger partial charge in [-0.2, -0.15) is 9.97 Å². The standard InChI is InChI=1S/C53H71FN4O6Si/c1-33(2)65(34(3)4,35(5)6)24-19-37-13-12-14-38-27-42(63-32-60-11)28-45(46(37)38)43-17-18-44-48(39-25-40-15-16-41(26-39)58(40)51(59)64-52(8,9)10)55-50(56-49(44)47(43)54)62-31-53(20-21-53)30-57-22-23-61-29-36(57)7/h12-14,17-18,27-28,33-36,39-41H,15-16,20-23,25-26,29-32H2,1-11H3/t36-,39?,40?,41?/m1/s1. The van der Waals surface area contributed by atoms with Crippen molar-refractivity contribution in [1.82, 2.24) is 19.8 Å². The van der Waals surface area contributed by atoms with Gasteiger partial charge in [-0.15, -0.1) is 5.54 Å². The molecule has 0 spiro atoms. The zero-order valence-electron chi connectivity index (χ0n) is 40.7. The number of halogens is 1. The smallest absolute Gasteiger partial charge is 0.410 e. The van der Waals surface area contributed by atoms with Crippen molar-refractivity contribution in [3.8, 4) is 34.4 Å². The van der Waals surface area contributed by atoms with Gasteiger partial charge in [-0.25, -0.2) is 9.18 Å². The number of carbonyl (C=O) groups excluding carboxylic acids is 1. The number of morpholine rings is 1. The first-order valence-corrected chi connectivity index (χ1v) is 26.3. The monoisotopic (exact) mass is 907 g/mol. The second-order valence-corrected chi connectivity index (χ2v) is 27.0. The summed E-state index contributed by atoms with van der Waals surface area (Å²) in [6.07, 6.45) is 5.02. The molecule has 1 amide bonds. The van der Waals surface area contributed by atoms with Gasteiger partial charge in [0.25, 0.3) is 0 Å². The fourth-order valence-corrected chi connectivity index (χ4v) is 16.7. The molecule has 1 aromatic heterocycles. The molecule has 3 saturated heterocycles. The van der Waals surface area contributed by atoms with Gasteiger partial charge in [0.15, 0.2) is 12.6 Å². The van der Waals surface area contributed by atoms with E-state index in [-0.39, 0.29) is 47.8 Å². The molecule has 2 bridgehead atoms. The van der Waals surface area contributed by atoms with Gasteiger partial charge in [0.05, 0.1) is 25.5 Å². The zero-order chi connectivity index (χ0) is 46.4. The number of hydrogen-bond acceptors (Lipinski definition) is 9. The molecule has 4 heterocycles. The van der Waals surface area contributed by atoms with Crippen LogP contribution in [0, 0.1) is 22.7 Å². The molecule has 3 aliphatic heterocycles. The normalized spacial score (nSPS) is 22.2. The second kappa shape index (κ2) is 18.8. The minimum atomic E-state index is -2.10. The van der Waals surface area contributed by atoms with Crippen LogP contribution in [0.3, 0.4) is 0 Å². The van der Waals surface area contributed by atoms with Crippen LogP contribution < -0.4 is 9.47 Å². The fourth-order valence-electron chi connectivity index (χ4n) is 11.5. The number of ether oxygens (including phenoxy) is 5. The van der Waals surface area contributed by atoms with Gasteiger partial charge >= 0.3 is 12.1 Å². The minimum absolute atomic E-state index is 0.00182. The number of piperidine rings is 1. The van der Waals surface area contributed by atoms with Gasteiger partial charge in [-0.1, -0.05) is 71.7 Å². The van der Waals surface area contributed by atoms with Crippen molar-refractivity contribution in [2.24, 2.45) is 5.41 Å². The molecule has 12 heteroatoms. The summed E-state index contributed by atoms with van der Waals surface area (Å²) < 4.78 is 47.6. The van der Waals surface area contributed by atoms with Crippen molar-refractivity contribution in [3.63, 3.8) is 0 Å². The molecule has 4 aliphatic rings. The Morgan fingerprint density at radius 2 is 1.68 bits per heavy atom. The maximum absolute atomic E-state index is 18.0. The topological polar surface area (TPSA) is 95.5 Å². The number of benzene rings is 3. The highest BCUT2D eigenvalue weighted by molar-refractivity contribution is 6.90. The van der Waals surface area contributed by atoms with Crippen LogP contribution in [-0.4, -0.2) is 104 Å². The molecule has 8 rings (SSSR count). The molecular weight excluding hydrogens is 836 g/mol. The summed E-state index contributed by atoms with van der Waals surface area (Å²) >= 11 is 0. The lowest BCUT2D eigenvalue weighted by atomic mass is 9.86. The summed E-state index contributed by atoms with van der Waals surface area (Å²) in [4.78, 5) is 28.1. The summed E-state index contributed by atoms with van der Waals surface area (Å²) in [5, 5.41) is 2.43. The van der Waals surface area contributed by atoms with E-state index in [9.17, 15) is 4.79 Å². The molecular formula is C53H71FN4O6Si. The zero-order valence-corrected chi connectivity index (χ0v) is 41.7. The lowest BCUT2D eigenvalue weighted by molar-refractivity contribution is -0.0135. The predicted octanol–water partition coefficient (Wildman–Crippen LogP) is 11.7. The first-order valence-electron chi connectivity index (χ1n) is 24.1. The maximum Gasteiger partial charge on any atom is 0.410 e. The average Bonchev–Trinajstić information content (AvgIpc) is 3.96. The van der Waals surface area contributed by atoms with Gasteiger partial charge in [0.1, 0.15) is 24.9 Å². The van der Waals surface area contributed by atoms with Crippen LogP contribution >= 0.6 is 0 Å². The van der Waals surface area contributed by atoms with Crippen LogP contribution in [0.5, 0.6) is 11.8 Å². The number of nitrogens with zero attached hydrogens (tertiary/aromatic N) is 4. The van der Waals surface area contributed by atoms with E-state index in [2.05, 4.69) is 70.9 Å². The van der Waals surface area contributed by atoms with Crippen molar-refractivity contribution in [1.29, 1.82) is 0 Å². The lowest BCUT2D eigenvalue weighted by Gasteiger charge is -2.39. The number of hydrogen-bond donors (Lipinski definition) is 0. The number of aromatic nitrogens is 2. The lowest BCUT2D eigenvalue weighted by Crippen LogP contribution is -2.48. The van der Waals surface area contributed by atoms with E-state index < -0.39 is 19.5 Å². The third kappa shape index (κ3) is 9.63. The Balaban J connectivity index is 1.24. The Bertz CT molecular complexity index is 2420. The van der Waals surface area contributed by atoms with E-state index in [1.54, 1.807) is 7.11 Å². The van der Waals surface area contributed by atoms with Crippen LogP contribution in [0.25, 0.3) is 32.8 Å². The van der Waals surface area contributed by atoms with E-state index in [0.717, 1.165) is 74.0 Å². The molecule has 1 saturated carbocycles. The molecule has 3 atom stereocenters. The average molecular weight is 907 g/mol. The van der Waals surface area contributed by atoms with Crippen molar-refractivity contribution in [2.45, 2.75) is 154 Å². The molecule has 3 aromatic carbocycles. The molecule has 1 aliphatic carbocycles. The predicted molar refractivity (Wildman–Crippen MR) is 259 cm³/mol. The first kappa shape index (κ1) is 47.2. The number of carbonyl (C=O) groups is 1. The third-order valence-electron chi connectivity index (χ3n) is 14.9. The maximum atomic E-state index is 18.0. The molecule has 0 N–H and O–H groups in total. The Hall–Kier alpha value is -4.28. The van der Waals surface area contributed by atoms with Gasteiger partial charge in [0.2, 0.25) is 0 Å². The third-order valence-corrected chi connectivity index (χ3v) is 21.2. The van der Waals surface area contributed by atoms with Crippen molar-refractivity contribution in [3.05, 3.63) is 59.5 Å². The summed E-state index contributed by atoms with van der Waals surface area (Å²) in [7, 11) is -0.516. The number of methoxy groups -OCH3 is 1. The Kier molecular flexibility index (Phi) is 13.6. The summed E-state index contributed by atoms with van der Waals surface area (Å²) in [6, 6.07) is 14.4. The van der Waals surface area contributed by atoms with Crippen molar-refractivity contribution in [2.75, 3.05) is 46.8 Å². The second-order valence-electron chi connectivity index (χ2n) is 21.4. The summed E-state index contributed by atoms with van der Waals surface area (Å²) in [5.74, 6) is 3.79. The Morgan fingerprint density at radius 3 is 2.31 bits per heavy atom. The van der Waals surface area contributed by atoms with E-state index in [1.165, 1.54) is 0 Å². The van der Waals surface area contributed by atoms with Gasteiger partial charge < -0.3 is 28.6 Å². The molecule has 2 unspecified atom stereocenters. The van der Waals surface area contributed by atoms with Crippen LogP contribution in [0.2, 0.25) is 16.6 Å².